The first-order chi connectivity index (χ1) is 19.8. The molecular formula is C27H28N4O9S. The van der Waals surface area contributed by atoms with E-state index in [1.165, 1.54) is 22.5 Å². The Morgan fingerprint density at radius 3 is 2.41 bits per heavy atom. The number of rotatable bonds is 8. The van der Waals surface area contributed by atoms with Gasteiger partial charge in [-0.05, 0) is 42.0 Å². The number of carbonyl (C=O) groups excluding carboxylic acids is 2. The number of nitrogens with zero attached hydrogens (tertiary/aromatic N) is 3. The van der Waals surface area contributed by atoms with E-state index in [0.29, 0.717) is 62.3 Å². The zero-order valence-electron chi connectivity index (χ0n) is 22.0. The van der Waals surface area contributed by atoms with Crippen molar-refractivity contribution in [1.82, 2.24) is 4.31 Å². The fourth-order valence-electron chi connectivity index (χ4n) is 4.49. The number of morpholine rings is 2. The van der Waals surface area contributed by atoms with Crippen LogP contribution >= 0.6 is 0 Å². The van der Waals surface area contributed by atoms with Gasteiger partial charge in [-0.1, -0.05) is 6.07 Å². The van der Waals surface area contributed by atoms with E-state index in [1.807, 2.05) is 4.90 Å². The van der Waals surface area contributed by atoms with Crippen molar-refractivity contribution in [2.75, 3.05) is 76.2 Å². The van der Waals surface area contributed by atoms with Gasteiger partial charge in [-0.3, -0.25) is 4.79 Å². The highest BCUT2D eigenvalue weighted by Crippen LogP contribution is 2.33. The summed E-state index contributed by atoms with van der Waals surface area (Å²) >= 11 is 0. The summed E-state index contributed by atoms with van der Waals surface area (Å²) in [7, 11) is -3.83. The molecule has 1 amide bonds. The van der Waals surface area contributed by atoms with Crippen molar-refractivity contribution in [2.45, 2.75) is 4.90 Å². The molecule has 0 saturated carbocycles. The van der Waals surface area contributed by atoms with Gasteiger partial charge in [0.15, 0.2) is 18.1 Å². The third kappa shape index (κ3) is 6.60. The standard InChI is InChI=1S/C27H28N4O9S/c28-16-20(13-19-1-4-24-25(14-19)40-18-39-24)27(33)38-17-26(32)29-22-15-21(41(34,35)31-7-11-37-12-8-31)2-3-23(22)30-5-9-36-10-6-30/h1-4,13-15H,5-12,17-18H2,(H,29,32). The van der Waals surface area contributed by atoms with Crippen LogP contribution in [0.25, 0.3) is 6.08 Å². The van der Waals surface area contributed by atoms with Crippen LogP contribution in [0.2, 0.25) is 0 Å². The number of nitrogens with one attached hydrogen (secondary N) is 1. The van der Waals surface area contributed by atoms with Gasteiger partial charge in [0.1, 0.15) is 11.6 Å². The maximum absolute atomic E-state index is 13.3. The monoisotopic (exact) mass is 584 g/mol. The van der Waals surface area contributed by atoms with Gasteiger partial charge in [0, 0.05) is 26.2 Å². The lowest BCUT2D eigenvalue weighted by molar-refractivity contribution is -0.142. The molecule has 2 fully saturated rings. The number of anilines is 2. The maximum Gasteiger partial charge on any atom is 0.349 e. The molecule has 0 bridgehead atoms. The van der Waals surface area contributed by atoms with Gasteiger partial charge in [-0.2, -0.15) is 9.57 Å². The SMILES string of the molecule is N#CC(=Cc1ccc2c(c1)OCO2)C(=O)OCC(=O)Nc1cc(S(=O)(=O)N2CCOCC2)ccc1N1CCOCC1. The quantitative estimate of drug-likeness (QED) is 0.271. The van der Waals surface area contributed by atoms with E-state index in [9.17, 15) is 23.3 Å². The van der Waals surface area contributed by atoms with Gasteiger partial charge in [0.2, 0.25) is 16.8 Å². The summed E-state index contributed by atoms with van der Waals surface area (Å²) in [5.41, 5.74) is 1.05. The Labute approximate surface area is 236 Å². The number of carbonyl (C=O) groups is 2. The fourth-order valence-corrected chi connectivity index (χ4v) is 5.93. The van der Waals surface area contributed by atoms with Gasteiger partial charge in [0.25, 0.3) is 5.91 Å². The predicted molar refractivity (Wildman–Crippen MR) is 145 cm³/mol. The van der Waals surface area contributed by atoms with Gasteiger partial charge >= 0.3 is 5.97 Å². The van der Waals surface area contributed by atoms with Crippen molar-refractivity contribution in [3.63, 3.8) is 0 Å². The van der Waals surface area contributed by atoms with Gasteiger partial charge in [0.05, 0.1) is 42.7 Å². The number of hydrogen-bond acceptors (Lipinski definition) is 11. The van der Waals surface area contributed by atoms with E-state index in [0.717, 1.165) is 0 Å². The van der Waals surface area contributed by atoms with Gasteiger partial charge in [-0.25, -0.2) is 13.2 Å². The second kappa shape index (κ2) is 12.6. The van der Waals surface area contributed by atoms with Crippen molar-refractivity contribution >= 4 is 39.4 Å². The van der Waals surface area contributed by atoms with Crippen molar-refractivity contribution < 1.29 is 41.7 Å². The zero-order chi connectivity index (χ0) is 28.8. The first-order valence-electron chi connectivity index (χ1n) is 12.9. The molecule has 41 heavy (non-hydrogen) atoms. The Kier molecular flexibility index (Phi) is 8.70. The van der Waals surface area contributed by atoms with Crippen LogP contribution in [0.3, 0.4) is 0 Å². The van der Waals surface area contributed by atoms with Crippen LogP contribution in [-0.2, 0) is 33.8 Å². The lowest BCUT2D eigenvalue weighted by atomic mass is 10.1. The van der Waals surface area contributed by atoms with Crippen LogP contribution in [0.15, 0.2) is 46.9 Å². The zero-order valence-corrected chi connectivity index (χ0v) is 22.9. The minimum absolute atomic E-state index is 0.0159. The summed E-state index contributed by atoms with van der Waals surface area (Å²) in [5.74, 6) is -0.651. The Morgan fingerprint density at radius 1 is 0.976 bits per heavy atom. The molecule has 0 unspecified atom stereocenters. The number of benzene rings is 2. The molecule has 0 spiro atoms. The molecule has 13 nitrogen and oxygen atoms in total. The van der Waals surface area contributed by atoms with Crippen molar-refractivity contribution in [1.29, 1.82) is 5.26 Å². The molecule has 0 atom stereocenters. The second-order valence-corrected chi connectivity index (χ2v) is 11.1. The van der Waals surface area contributed by atoms with Crippen LogP contribution in [0.4, 0.5) is 11.4 Å². The lowest BCUT2D eigenvalue weighted by Crippen LogP contribution is -2.40. The van der Waals surface area contributed by atoms with E-state index < -0.39 is 28.5 Å². The Balaban J connectivity index is 1.30. The summed E-state index contributed by atoms with van der Waals surface area (Å²) in [4.78, 5) is 27.4. The number of esters is 1. The predicted octanol–water partition coefficient (Wildman–Crippen LogP) is 1.36. The number of ether oxygens (including phenoxy) is 5. The highest BCUT2D eigenvalue weighted by Gasteiger charge is 2.28. The average molecular weight is 585 g/mol. The highest BCUT2D eigenvalue weighted by atomic mass is 32.2. The fraction of sp³-hybridized carbons (Fsp3) is 0.370. The summed E-state index contributed by atoms with van der Waals surface area (Å²) in [6.45, 7) is 2.49. The van der Waals surface area contributed by atoms with Crippen LogP contribution in [0.5, 0.6) is 11.5 Å². The van der Waals surface area contributed by atoms with Crippen molar-refractivity contribution in [3.05, 3.63) is 47.5 Å². The molecule has 3 heterocycles. The number of sulfonamides is 1. The molecule has 3 aliphatic rings. The summed E-state index contributed by atoms with van der Waals surface area (Å²) < 4.78 is 54.2. The smallest absolute Gasteiger partial charge is 0.349 e. The Hall–Kier alpha value is -4.16. The third-order valence-electron chi connectivity index (χ3n) is 6.58. The van der Waals surface area contributed by atoms with Crippen molar-refractivity contribution in [3.8, 4) is 17.6 Å². The number of hydrogen-bond donors (Lipinski definition) is 1. The molecular weight excluding hydrogens is 556 g/mol. The lowest BCUT2D eigenvalue weighted by Gasteiger charge is -2.31. The van der Waals surface area contributed by atoms with E-state index in [2.05, 4.69) is 5.32 Å². The minimum atomic E-state index is -3.83. The van der Waals surface area contributed by atoms with E-state index >= 15 is 0 Å². The van der Waals surface area contributed by atoms with Crippen molar-refractivity contribution in [2.24, 2.45) is 0 Å². The van der Waals surface area contributed by atoms with Crippen LogP contribution in [0, 0.1) is 11.3 Å². The molecule has 3 aliphatic heterocycles. The minimum Gasteiger partial charge on any atom is -0.454 e. The molecule has 14 heteroatoms. The molecule has 216 valence electrons. The second-order valence-electron chi connectivity index (χ2n) is 9.20. The number of fused-ring (bicyclic) bond motifs is 1. The molecule has 0 aromatic heterocycles. The summed E-state index contributed by atoms with van der Waals surface area (Å²) in [6, 6.07) is 11.2. The van der Waals surface area contributed by atoms with E-state index in [4.69, 9.17) is 23.7 Å². The van der Waals surface area contributed by atoms with Gasteiger partial charge in [-0.15, -0.1) is 0 Å². The molecule has 2 aromatic carbocycles. The molecule has 0 aliphatic carbocycles. The van der Waals surface area contributed by atoms with Crippen LogP contribution in [0.1, 0.15) is 5.56 Å². The highest BCUT2D eigenvalue weighted by molar-refractivity contribution is 7.89. The molecule has 5 rings (SSSR count). The number of amides is 1. The van der Waals surface area contributed by atoms with E-state index in [1.54, 1.807) is 30.3 Å². The summed E-state index contributed by atoms with van der Waals surface area (Å²) in [5, 5.41) is 12.2. The Bertz CT molecular complexity index is 1490. The largest absolute Gasteiger partial charge is 0.454 e. The third-order valence-corrected chi connectivity index (χ3v) is 8.48. The topological polar surface area (TPSA) is 157 Å². The molecule has 0 radical (unpaired) electrons. The Morgan fingerprint density at radius 2 is 1.68 bits per heavy atom. The average Bonchev–Trinajstić information content (AvgIpc) is 3.47. The maximum atomic E-state index is 13.3. The molecule has 2 aromatic rings. The van der Waals surface area contributed by atoms with Crippen LogP contribution < -0.4 is 19.7 Å². The first kappa shape index (κ1) is 28.4. The van der Waals surface area contributed by atoms with Gasteiger partial charge < -0.3 is 33.9 Å². The summed E-state index contributed by atoms with van der Waals surface area (Å²) in [6.07, 6.45) is 1.32. The van der Waals surface area contributed by atoms with Crippen LogP contribution in [-0.4, -0.2) is 90.6 Å². The van der Waals surface area contributed by atoms with E-state index in [-0.39, 0.29) is 36.0 Å². The molecule has 2 saturated heterocycles. The number of nitriles is 1. The normalized spacial score (nSPS) is 17.5. The first-order valence-corrected chi connectivity index (χ1v) is 14.3. The molecule has 1 N–H and O–H groups in total.